The van der Waals surface area contributed by atoms with Gasteiger partial charge in [-0.25, -0.2) is 9.78 Å². The van der Waals surface area contributed by atoms with Gasteiger partial charge in [0.2, 0.25) is 0 Å². The van der Waals surface area contributed by atoms with Crippen molar-refractivity contribution in [3.05, 3.63) is 96.7 Å². The summed E-state index contributed by atoms with van der Waals surface area (Å²) in [5, 5.41) is 11.3. The van der Waals surface area contributed by atoms with Crippen LogP contribution in [0.15, 0.2) is 91.1 Å². The fourth-order valence-corrected chi connectivity index (χ4v) is 3.02. The number of anilines is 3. The summed E-state index contributed by atoms with van der Waals surface area (Å²) in [6.45, 7) is 0.608. The number of para-hydroxylation sites is 1. The molecule has 4 aromatic rings. The molecule has 0 aliphatic rings. The van der Waals surface area contributed by atoms with Gasteiger partial charge in [0.25, 0.3) is 0 Å². The fourth-order valence-electron chi connectivity index (χ4n) is 3.02. The van der Waals surface area contributed by atoms with Gasteiger partial charge in [-0.2, -0.15) is 0 Å². The maximum atomic E-state index is 12.2. The molecule has 3 N–H and O–H groups in total. The van der Waals surface area contributed by atoms with Crippen LogP contribution >= 0.6 is 0 Å². The van der Waals surface area contributed by atoms with Crippen molar-refractivity contribution < 1.29 is 4.79 Å². The van der Waals surface area contributed by atoms with Crippen LogP contribution in [0.3, 0.4) is 0 Å². The van der Waals surface area contributed by atoms with E-state index in [1.807, 2.05) is 72.8 Å². The number of hydrogen-bond donors (Lipinski definition) is 3. The summed E-state index contributed by atoms with van der Waals surface area (Å²) < 4.78 is 0. The molecule has 2 amide bonds. The van der Waals surface area contributed by atoms with Gasteiger partial charge in [0.15, 0.2) is 0 Å². The molecule has 0 aliphatic heterocycles. The van der Waals surface area contributed by atoms with Gasteiger partial charge >= 0.3 is 6.03 Å². The number of aromatic nitrogens is 1. The first-order valence-electron chi connectivity index (χ1n) is 9.07. The molecule has 1 aromatic heterocycles. The van der Waals surface area contributed by atoms with Crippen molar-refractivity contribution >= 4 is 34.0 Å². The monoisotopic (exact) mass is 368 g/mol. The van der Waals surface area contributed by atoms with Crippen molar-refractivity contribution in [2.24, 2.45) is 0 Å². The molecule has 28 heavy (non-hydrogen) atoms. The van der Waals surface area contributed by atoms with Gasteiger partial charge in [0.1, 0.15) is 5.82 Å². The third-order valence-corrected chi connectivity index (χ3v) is 4.35. The summed E-state index contributed by atoms with van der Waals surface area (Å²) in [6, 6.07) is 27.0. The summed E-state index contributed by atoms with van der Waals surface area (Å²) in [5.41, 5.74) is 2.53. The highest BCUT2D eigenvalue weighted by Crippen LogP contribution is 2.21. The zero-order chi connectivity index (χ0) is 19.2. The molecule has 0 radical (unpaired) electrons. The van der Waals surface area contributed by atoms with Crippen LogP contribution in [0.5, 0.6) is 0 Å². The lowest BCUT2D eigenvalue weighted by Gasteiger charge is -2.11. The molecule has 0 bridgehead atoms. The van der Waals surface area contributed by atoms with Crippen LogP contribution in [0, 0.1) is 0 Å². The largest absolute Gasteiger partial charge is 0.365 e. The van der Waals surface area contributed by atoms with Gasteiger partial charge in [-0.1, -0.05) is 54.6 Å². The number of benzene rings is 3. The van der Waals surface area contributed by atoms with E-state index in [0.29, 0.717) is 6.54 Å². The minimum absolute atomic E-state index is 0.271. The minimum atomic E-state index is -0.271. The number of urea groups is 1. The molecular weight excluding hydrogens is 348 g/mol. The number of fused-ring (bicyclic) bond motifs is 1. The molecular formula is C23H20N4O. The molecule has 0 saturated heterocycles. The summed E-state index contributed by atoms with van der Waals surface area (Å²) >= 11 is 0. The number of hydrogen-bond acceptors (Lipinski definition) is 3. The molecule has 4 rings (SSSR count). The van der Waals surface area contributed by atoms with E-state index in [1.165, 1.54) is 0 Å². The summed E-state index contributed by atoms with van der Waals surface area (Å²) in [4.78, 5) is 16.6. The average molecular weight is 368 g/mol. The Hall–Kier alpha value is -3.86. The van der Waals surface area contributed by atoms with Crippen molar-refractivity contribution in [1.82, 2.24) is 4.98 Å². The Labute approximate surface area is 163 Å². The predicted octanol–water partition coefficient (Wildman–Crippen LogP) is 5.49. The van der Waals surface area contributed by atoms with Gasteiger partial charge in [-0.05, 0) is 41.3 Å². The molecule has 1 heterocycles. The molecule has 138 valence electrons. The second kappa shape index (κ2) is 8.22. The highest BCUT2D eigenvalue weighted by Gasteiger charge is 2.05. The van der Waals surface area contributed by atoms with Gasteiger partial charge in [0, 0.05) is 29.5 Å². The van der Waals surface area contributed by atoms with Crippen molar-refractivity contribution in [3.8, 4) is 0 Å². The Morgan fingerprint density at radius 2 is 1.54 bits per heavy atom. The number of amides is 2. The zero-order valence-corrected chi connectivity index (χ0v) is 15.2. The third kappa shape index (κ3) is 4.27. The lowest BCUT2D eigenvalue weighted by molar-refractivity contribution is 0.262. The summed E-state index contributed by atoms with van der Waals surface area (Å²) in [6.07, 6.45) is 1.80. The first-order chi connectivity index (χ1) is 13.8. The predicted molar refractivity (Wildman–Crippen MR) is 115 cm³/mol. The number of pyridine rings is 1. The number of nitrogens with zero attached hydrogens (tertiary/aromatic N) is 1. The van der Waals surface area contributed by atoms with E-state index >= 15 is 0 Å². The molecule has 5 heteroatoms. The highest BCUT2D eigenvalue weighted by molar-refractivity contribution is 5.99. The molecule has 3 aromatic carbocycles. The molecule has 0 spiro atoms. The highest BCUT2D eigenvalue weighted by atomic mass is 16.2. The number of rotatable bonds is 5. The van der Waals surface area contributed by atoms with Crippen molar-refractivity contribution in [2.75, 3.05) is 16.0 Å². The lowest BCUT2D eigenvalue weighted by atomic mass is 10.1. The maximum absolute atomic E-state index is 12.2. The fraction of sp³-hybridized carbons (Fsp3) is 0.0435. The van der Waals surface area contributed by atoms with E-state index in [0.717, 1.165) is 33.5 Å². The van der Waals surface area contributed by atoms with Crippen LogP contribution in [0.25, 0.3) is 10.8 Å². The first-order valence-corrected chi connectivity index (χ1v) is 9.07. The van der Waals surface area contributed by atoms with E-state index in [1.54, 1.807) is 6.20 Å². The summed E-state index contributed by atoms with van der Waals surface area (Å²) in [7, 11) is 0. The van der Waals surface area contributed by atoms with Crippen LogP contribution in [0.2, 0.25) is 0 Å². The minimum Gasteiger partial charge on any atom is -0.365 e. The second-order valence-corrected chi connectivity index (χ2v) is 6.38. The number of carbonyl (C=O) groups is 1. The van der Waals surface area contributed by atoms with Crippen LogP contribution in [0.1, 0.15) is 5.56 Å². The van der Waals surface area contributed by atoms with Crippen LogP contribution in [-0.4, -0.2) is 11.0 Å². The first kappa shape index (κ1) is 17.5. The van der Waals surface area contributed by atoms with Crippen LogP contribution < -0.4 is 16.0 Å². The summed E-state index contributed by atoms with van der Waals surface area (Å²) in [5.74, 6) is 0.846. The van der Waals surface area contributed by atoms with Crippen molar-refractivity contribution in [1.29, 1.82) is 0 Å². The van der Waals surface area contributed by atoms with E-state index < -0.39 is 0 Å². The van der Waals surface area contributed by atoms with Gasteiger partial charge in [0.05, 0.1) is 0 Å². The van der Waals surface area contributed by atoms with Gasteiger partial charge in [-0.3, -0.25) is 0 Å². The molecule has 5 nitrogen and oxygen atoms in total. The molecule has 0 aliphatic carbocycles. The number of nitrogens with one attached hydrogen (secondary N) is 3. The SMILES string of the molecule is O=C(Nc1ccccc1)Nc1cccc(CNc2nccc3ccccc23)c1. The molecule has 0 saturated carbocycles. The van der Waals surface area contributed by atoms with Crippen LogP contribution in [0.4, 0.5) is 22.0 Å². The van der Waals surface area contributed by atoms with Gasteiger partial charge < -0.3 is 16.0 Å². The normalized spacial score (nSPS) is 10.4. The standard InChI is InChI=1S/C23H20N4O/c28-23(26-19-9-2-1-3-10-19)27-20-11-6-7-17(15-20)16-25-22-21-12-5-4-8-18(21)13-14-24-22/h1-15H,16H2,(H,24,25)(H2,26,27,28). The Kier molecular flexibility index (Phi) is 5.15. The average Bonchev–Trinajstić information content (AvgIpc) is 2.73. The van der Waals surface area contributed by atoms with E-state index in [4.69, 9.17) is 0 Å². The Balaban J connectivity index is 1.41. The molecule has 0 atom stereocenters. The maximum Gasteiger partial charge on any atom is 0.323 e. The smallest absolute Gasteiger partial charge is 0.323 e. The van der Waals surface area contributed by atoms with Crippen molar-refractivity contribution in [3.63, 3.8) is 0 Å². The quantitative estimate of drug-likeness (QED) is 0.436. The molecule has 0 fully saturated rings. The third-order valence-electron chi connectivity index (χ3n) is 4.35. The Morgan fingerprint density at radius 3 is 2.43 bits per heavy atom. The van der Waals surface area contributed by atoms with E-state index in [-0.39, 0.29) is 6.03 Å². The number of carbonyl (C=O) groups excluding carboxylic acids is 1. The molecule has 0 unspecified atom stereocenters. The van der Waals surface area contributed by atoms with Crippen LogP contribution in [-0.2, 0) is 6.54 Å². The second-order valence-electron chi connectivity index (χ2n) is 6.38. The van der Waals surface area contributed by atoms with Crippen molar-refractivity contribution in [2.45, 2.75) is 6.54 Å². The van der Waals surface area contributed by atoms with E-state index in [2.05, 4.69) is 33.1 Å². The Bertz CT molecular complexity index is 1090. The lowest BCUT2D eigenvalue weighted by Crippen LogP contribution is -2.19. The topological polar surface area (TPSA) is 66.1 Å². The van der Waals surface area contributed by atoms with E-state index in [9.17, 15) is 4.79 Å². The van der Waals surface area contributed by atoms with Gasteiger partial charge in [-0.15, -0.1) is 0 Å². The Morgan fingerprint density at radius 1 is 0.786 bits per heavy atom. The zero-order valence-electron chi connectivity index (χ0n) is 15.2.